The molecule has 4 heterocycles. The number of hydrogen-bond donors (Lipinski definition) is 0. The number of benzene rings is 1. The standard InChI is InChI=1S/C24H22N8O/c1-31-22(26-15-27-31)14-33-24-20(17-4-2-5-17)12-21-28-29-23(32(21)30-24)18-9-7-16(8-10-18)19-6-3-11-25-13-19/h3,6-13,15,17H,2,4-5,14H2,1H3. The van der Waals surface area contributed by atoms with Gasteiger partial charge in [0.2, 0.25) is 5.88 Å². The van der Waals surface area contributed by atoms with Crippen LogP contribution < -0.4 is 4.74 Å². The molecule has 0 atom stereocenters. The lowest BCUT2D eigenvalue weighted by Crippen LogP contribution is -2.14. The first-order valence-corrected chi connectivity index (χ1v) is 11.0. The Morgan fingerprint density at radius 1 is 1.03 bits per heavy atom. The Labute approximate surface area is 190 Å². The average Bonchev–Trinajstić information content (AvgIpc) is 3.42. The molecule has 0 saturated heterocycles. The fraction of sp³-hybridized carbons (Fsp3) is 0.250. The van der Waals surface area contributed by atoms with Gasteiger partial charge < -0.3 is 4.74 Å². The van der Waals surface area contributed by atoms with E-state index in [4.69, 9.17) is 9.84 Å². The highest BCUT2D eigenvalue weighted by molar-refractivity contribution is 5.68. The van der Waals surface area contributed by atoms with Gasteiger partial charge in [-0.15, -0.1) is 15.3 Å². The zero-order valence-corrected chi connectivity index (χ0v) is 18.2. The Morgan fingerprint density at radius 2 is 1.88 bits per heavy atom. The van der Waals surface area contributed by atoms with Gasteiger partial charge in [-0.2, -0.15) is 9.61 Å². The van der Waals surface area contributed by atoms with Gasteiger partial charge in [0.25, 0.3) is 0 Å². The molecule has 9 nitrogen and oxygen atoms in total. The topological polar surface area (TPSA) is 95.9 Å². The van der Waals surface area contributed by atoms with Crippen molar-refractivity contribution < 1.29 is 4.74 Å². The Kier molecular flexibility index (Phi) is 4.79. The molecule has 1 aromatic carbocycles. The van der Waals surface area contributed by atoms with Crippen LogP contribution in [-0.2, 0) is 13.7 Å². The Bertz CT molecular complexity index is 1400. The van der Waals surface area contributed by atoms with Crippen LogP contribution in [0, 0.1) is 0 Å². The summed E-state index contributed by atoms with van der Waals surface area (Å²) >= 11 is 0. The van der Waals surface area contributed by atoms with Crippen LogP contribution >= 0.6 is 0 Å². The highest BCUT2D eigenvalue weighted by Gasteiger charge is 2.26. The minimum absolute atomic E-state index is 0.298. The normalized spacial score (nSPS) is 13.8. The average molecular weight is 438 g/mol. The van der Waals surface area contributed by atoms with Crippen molar-refractivity contribution in [3.05, 3.63) is 72.6 Å². The van der Waals surface area contributed by atoms with E-state index in [1.54, 1.807) is 15.4 Å². The molecule has 6 rings (SSSR count). The molecule has 0 bridgehead atoms. The van der Waals surface area contributed by atoms with Crippen LogP contribution in [0.2, 0.25) is 0 Å². The van der Waals surface area contributed by atoms with E-state index in [-0.39, 0.29) is 0 Å². The van der Waals surface area contributed by atoms with Gasteiger partial charge in [0.1, 0.15) is 12.9 Å². The van der Waals surface area contributed by atoms with Crippen LogP contribution in [0.1, 0.15) is 36.6 Å². The molecule has 0 aliphatic heterocycles. The third-order valence-electron chi connectivity index (χ3n) is 6.21. The molecule has 0 N–H and O–H groups in total. The van der Waals surface area contributed by atoms with E-state index < -0.39 is 0 Å². The largest absolute Gasteiger partial charge is 0.468 e. The van der Waals surface area contributed by atoms with Gasteiger partial charge in [0.05, 0.1) is 0 Å². The highest BCUT2D eigenvalue weighted by Crippen LogP contribution is 2.40. The summed E-state index contributed by atoms with van der Waals surface area (Å²) in [5, 5.41) is 17.8. The predicted molar refractivity (Wildman–Crippen MR) is 121 cm³/mol. The highest BCUT2D eigenvalue weighted by atomic mass is 16.5. The summed E-state index contributed by atoms with van der Waals surface area (Å²) < 4.78 is 9.61. The van der Waals surface area contributed by atoms with E-state index in [1.165, 1.54) is 12.7 Å². The van der Waals surface area contributed by atoms with Crippen molar-refractivity contribution in [2.45, 2.75) is 31.8 Å². The van der Waals surface area contributed by atoms with Gasteiger partial charge in [0.15, 0.2) is 17.3 Å². The first-order valence-electron chi connectivity index (χ1n) is 11.0. The molecule has 33 heavy (non-hydrogen) atoms. The zero-order valence-electron chi connectivity index (χ0n) is 18.2. The summed E-state index contributed by atoms with van der Waals surface area (Å²) in [6, 6.07) is 14.2. The Hall–Kier alpha value is -4.14. The van der Waals surface area contributed by atoms with Crippen LogP contribution in [-0.4, -0.2) is 39.6 Å². The van der Waals surface area contributed by atoms with Crippen LogP contribution in [0.3, 0.4) is 0 Å². The quantitative estimate of drug-likeness (QED) is 0.397. The van der Waals surface area contributed by atoms with E-state index >= 15 is 0 Å². The van der Waals surface area contributed by atoms with E-state index in [0.29, 0.717) is 29.9 Å². The van der Waals surface area contributed by atoms with E-state index in [0.717, 1.165) is 40.9 Å². The van der Waals surface area contributed by atoms with E-state index in [1.807, 2.05) is 37.5 Å². The SMILES string of the molecule is Cn1ncnc1COc1nn2c(-c3ccc(-c4cccnc4)cc3)nnc2cc1C1CCC1. The minimum Gasteiger partial charge on any atom is -0.468 e. The number of fused-ring (bicyclic) bond motifs is 1. The first kappa shape index (κ1) is 19.5. The van der Waals surface area contributed by atoms with Gasteiger partial charge in [-0.05, 0) is 42.0 Å². The maximum absolute atomic E-state index is 6.15. The molecule has 1 fully saturated rings. The van der Waals surface area contributed by atoms with Gasteiger partial charge in [-0.1, -0.05) is 36.8 Å². The number of aromatic nitrogens is 8. The van der Waals surface area contributed by atoms with Crippen molar-refractivity contribution in [3.63, 3.8) is 0 Å². The summed E-state index contributed by atoms with van der Waals surface area (Å²) in [5.41, 5.74) is 4.89. The molecule has 164 valence electrons. The molecule has 0 spiro atoms. The molecule has 1 aliphatic carbocycles. The lowest BCUT2D eigenvalue weighted by Gasteiger charge is -2.26. The molecule has 5 aromatic rings. The van der Waals surface area contributed by atoms with Crippen LogP contribution in [0.25, 0.3) is 28.2 Å². The van der Waals surface area contributed by atoms with Gasteiger partial charge >= 0.3 is 0 Å². The van der Waals surface area contributed by atoms with Crippen molar-refractivity contribution >= 4 is 5.65 Å². The van der Waals surface area contributed by atoms with Crippen molar-refractivity contribution in [1.29, 1.82) is 0 Å². The molecule has 0 radical (unpaired) electrons. The number of pyridine rings is 1. The predicted octanol–water partition coefficient (Wildman–Crippen LogP) is 3.83. The molecule has 1 saturated carbocycles. The fourth-order valence-electron chi connectivity index (χ4n) is 4.06. The Morgan fingerprint density at radius 3 is 2.58 bits per heavy atom. The minimum atomic E-state index is 0.298. The number of nitrogens with zero attached hydrogens (tertiary/aromatic N) is 8. The smallest absolute Gasteiger partial charge is 0.235 e. The number of rotatable bonds is 6. The van der Waals surface area contributed by atoms with Crippen LogP contribution in [0.5, 0.6) is 5.88 Å². The first-order chi connectivity index (χ1) is 16.3. The fourth-order valence-corrected chi connectivity index (χ4v) is 4.06. The molecule has 9 heteroatoms. The molecular formula is C24H22N8O. The van der Waals surface area contributed by atoms with Crippen molar-refractivity contribution in [2.75, 3.05) is 0 Å². The maximum Gasteiger partial charge on any atom is 0.235 e. The second kappa shape index (κ2) is 8.09. The second-order valence-electron chi connectivity index (χ2n) is 8.23. The molecule has 0 unspecified atom stereocenters. The summed E-state index contributed by atoms with van der Waals surface area (Å²) in [5.74, 6) is 2.46. The second-order valence-corrected chi connectivity index (χ2v) is 8.23. The monoisotopic (exact) mass is 438 g/mol. The van der Waals surface area contributed by atoms with Gasteiger partial charge in [0, 0.05) is 30.6 Å². The van der Waals surface area contributed by atoms with Crippen molar-refractivity contribution in [2.24, 2.45) is 7.05 Å². The summed E-state index contributed by atoms with van der Waals surface area (Å²) in [6.45, 7) is 0.298. The summed E-state index contributed by atoms with van der Waals surface area (Å²) in [6.07, 6.45) is 8.64. The third kappa shape index (κ3) is 3.61. The number of hydrogen-bond acceptors (Lipinski definition) is 7. The lowest BCUT2D eigenvalue weighted by atomic mass is 9.80. The van der Waals surface area contributed by atoms with Gasteiger partial charge in [-0.25, -0.2) is 4.98 Å². The van der Waals surface area contributed by atoms with Crippen molar-refractivity contribution in [1.82, 2.24) is 39.6 Å². The van der Waals surface area contributed by atoms with Crippen LogP contribution in [0.15, 0.2) is 61.2 Å². The van der Waals surface area contributed by atoms with Gasteiger partial charge in [-0.3, -0.25) is 9.67 Å². The van der Waals surface area contributed by atoms with E-state index in [2.05, 4.69) is 43.5 Å². The molecule has 4 aromatic heterocycles. The summed E-state index contributed by atoms with van der Waals surface area (Å²) in [4.78, 5) is 8.45. The zero-order chi connectivity index (χ0) is 22.2. The van der Waals surface area contributed by atoms with E-state index in [9.17, 15) is 0 Å². The third-order valence-corrected chi connectivity index (χ3v) is 6.21. The molecule has 1 aliphatic rings. The maximum atomic E-state index is 6.15. The number of ether oxygens (including phenoxy) is 1. The summed E-state index contributed by atoms with van der Waals surface area (Å²) in [7, 11) is 1.85. The lowest BCUT2D eigenvalue weighted by molar-refractivity contribution is 0.264. The van der Waals surface area contributed by atoms with Crippen LogP contribution in [0.4, 0.5) is 0 Å². The van der Waals surface area contributed by atoms with Crippen molar-refractivity contribution in [3.8, 4) is 28.4 Å². The molecular weight excluding hydrogens is 416 g/mol. The Balaban J connectivity index is 1.36. The molecule has 0 amide bonds. The number of aryl methyl sites for hydroxylation is 1.